The monoisotopic (exact) mass is 360 g/mol. The fourth-order valence-electron chi connectivity index (χ4n) is 4.35. The minimum atomic E-state index is -0.600. The molecule has 3 heterocycles. The summed E-state index contributed by atoms with van der Waals surface area (Å²) in [7, 11) is 0. The number of fused-ring (bicyclic) bond motifs is 1. The highest BCUT2D eigenvalue weighted by molar-refractivity contribution is 5.83. The van der Waals surface area contributed by atoms with Crippen molar-refractivity contribution in [3.63, 3.8) is 0 Å². The maximum atomic E-state index is 13.2. The van der Waals surface area contributed by atoms with E-state index in [0.717, 1.165) is 25.1 Å². The molecule has 3 aliphatic heterocycles. The summed E-state index contributed by atoms with van der Waals surface area (Å²) < 4.78 is 5.62. The number of aliphatic hydroxyl groups is 1. The smallest absolute Gasteiger partial charge is 0.241 e. The largest absolute Gasteiger partial charge is 0.388 e. The number of carbonyl (C=O) groups is 1. The van der Waals surface area contributed by atoms with Gasteiger partial charge in [-0.1, -0.05) is 30.3 Å². The predicted molar refractivity (Wildman–Crippen MR) is 97.2 cm³/mol. The first-order valence-corrected chi connectivity index (χ1v) is 9.57. The van der Waals surface area contributed by atoms with E-state index in [2.05, 4.69) is 16.2 Å². The van der Waals surface area contributed by atoms with Gasteiger partial charge in [-0.2, -0.15) is 0 Å². The molecular weight excluding hydrogens is 332 g/mol. The summed E-state index contributed by atoms with van der Waals surface area (Å²) in [6.07, 6.45) is 0.917. The molecule has 4 N–H and O–H groups in total. The van der Waals surface area contributed by atoms with Gasteiger partial charge in [0.15, 0.2) is 0 Å². The van der Waals surface area contributed by atoms with Crippen molar-refractivity contribution in [2.75, 3.05) is 32.8 Å². The van der Waals surface area contributed by atoms with Gasteiger partial charge in [-0.25, -0.2) is 5.43 Å². The molecule has 1 aromatic rings. The highest BCUT2D eigenvalue weighted by atomic mass is 16.5. The third-order valence-corrected chi connectivity index (χ3v) is 5.84. The molecule has 0 aromatic heterocycles. The first-order valence-electron chi connectivity index (χ1n) is 9.57. The van der Waals surface area contributed by atoms with Crippen LogP contribution in [0.4, 0.5) is 0 Å². The lowest BCUT2D eigenvalue weighted by atomic mass is 9.88. The van der Waals surface area contributed by atoms with Crippen molar-refractivity contribution in [3.8, 4) is 0 Å². The van der Waals surface area contributed by atoms with E-state index < -0.39 is 6.10 Å². The average molecular weight is 360 g/mol. The molecule has 0 saturated carbocycles. The van der Waals surface area contributed by atoms with Crippen LogP contribution in [0, 0.1) is 5.92 Å². The Morgan fingerprint density at radius 3 is 3.00 bits per heavy atom. The fraction of sp³-hybridized carbons (Fsp3) is 0.632. The normalized spacial score (nSPS) is 32.9. The van der Waals surface area contributed by atoms with Crippen molar-refractivity contribution >= 4 is 5.91 Å². The van der Waals surface area contributed by atoms with Gasteiger partial charge in [0.2, 0.25) is 5.91 Å². The van der Waals surface area contributed by atoms with Gasteiger partial charge in [0.1, 0.15) is 6.04 Å². The maximum Gasteiger partial charge on any atom is 0.241 e. The fourth-order valence-corrected chi connectivity index (χ4v) is 4.35. The second kappa shape index (κ2) is 8.02. The van der Waals surface area contributed by atoms with E-state index in [1.807, 2.05) is 35.2 Å². The lowest BCUT2D eigenvalue weighted by molar-refractivity contribution is -0.144. The first-order chi connectivity index (χ1) is 12.7. The lowest BCUT2D eigenvalue weighted by Gasteiger charge is -2.39. The number of piperidine rings is 1. The van der Waals surface area contributed by atoms with Gasteiger partial charge in [0, 0.05) is 31.5 Å². The molecule has 3 aliphatic rings. The molecule has 7 nitrogen and oxygen atoms in total. The van der Waals surface area contributed by atoms with Gasteiger partial charge in [-0.15, -0.1) is 0 Å². The van der Waals surface area contributed by atoms with Crippen LogP contribution in [0.3, 0.4) is 0 Å². The summed E-state index contributed by atoms with van der Waals surface area (Å²) in [6, 6.07) is 9.63. The van der Waals surface area contributed by atoms with Crippen LogP contribution >= 0.6 is 0 Å². The molecule has 26 heavy (non-hydrogen) atoms. The van der Waals surface area contributed by atoms with Crippen molar-refractivity contribution in [2.24, 2.45) is 5.92 Å². The lowest BCUT2D eigenvalue weighted by Crippen LogP contribution is -2.57. The minimum absolute atomic E-state index is 0.108. The zero-order chi connectivity index (χ0) is 17.9. The van der Waals surface area contributed by atoms with Crippen LogP contribution in [0.2, 0.25) is 0 Å². The quantitative estimate of drug-likeness (QED) is 0.595. The summed E-state index contributed by atoms with van der Waals surface area (Å²) in [5.41, 5.74) is 7.39. The Labute approximate surface area is 154 Å². The number of nitrogens with one attached hydrogen (secondary N) is 3. The molecule has 3 fully saturated rings. The van der Waals surface area contributed by atoms with E-state index in [4.69, 9.17) is 4.74 Å². The van der Waals surface area contributed by atoms with Gasteiger partial charge >= 0.3 is 0 Å². The number of benzene rings is 1. The van der Waals surface area contributed by atoms with Crippen molar-refractivity contribution < 1.29 is 14.6 Å². The number of nitrogens with zero attached hydrogens (tertiary/aromatic N) is 1. The van der Waals surface area contributed by atoms with Crippen LogP contribution in [0.5, 0.6) is 0 Å². The molecule has 0 bridgehead atoms. The molecule has 142 valence electrons. The number of carbonyl (C=O) groups excluding carboxylic acids is 1. The molecular formula is C19H28N4O3. The predicted octanol–water partition coefficient (Wildman–Crippen LogP) is -0.208. The molecule has 1 aromatic carbocycles. The van der Waals surface area contributed by atoms with Gasteiger partial charge < -0.3 is 20.1 Å². The number of hydrogen-bond donors (Lipinski definition) is 4. The molecule has 7 heteroatoms. The summed E-state index contributed by atoms with van der Waals surface area (Å²) in [5.74, 6) is 0.376. The number of aliphatic hydroxyl groups excluding tert-OH is 1. The highest BCUT2D eigenvalue weighted by Crippen LogP contribution is 2.26. The zero-order valence-electron chi connectivity index (χ0n) is 14.9. The second-order valence-corrected chi connectivity index (χ2v) is 7.45. The average Bonchev–Trinajstić information content (AvgIpc) is 3.13. The molecule has 5 unspecified atom stereocenters. The van der Waals surface area contributed by atoms with Crippen molar-refractivity contribution in [3.05, 3.63) is 35.9 Å². The number of hydrazine groups is 1. The second-order valence-electron chi connectivity index (χ2n) is 7.45. The molecule has 0 aliphatic carbocycles. The SMILES string of the molecule is O=C(C1NNC2CCNCC21)N1CCOCC1CC(O)c1ccccc1. The van der Waals surface area contributed by atoms with Crippen LogP contribution in [0.25, 0.3) is 0 Å². The van der Waals surface area contributed by atoms with E-state index in [1.54, 1.807) is 0 Å². The third kappa shape index (κ3) is 3.63. The zero-order valence-corrected chi connectivity index (χ0v) is 14.9. The van der Waals surface area contributed by atoms with Crippen LogP contribution in [-0.4, -0.2) is 66.9 Å². The maximum absolute atomic E-state index is 13.2. The van der Waals surface area contributed by atoms with Gasteiger partial charge in [-0.3, -0.25) is 10.2 Å². The Balaban J connectivity index is 1.44. The van der Waals surface area contributed by atoms with Crippen molar-refractivity contribution in [1.82, 2.24) is 21.1 Å². The Morgan fingerprint density at radius 1 is 1.31 bits per heavy atom. The first kappa shape index (κ1) is 17.9. The van der Waals surface area contributed by atoms with E-state index >= 15 is 0 Å². The Bertz CT molecular complexity index is 614. The molecule has 4 rings (SSSR count). The van der Waals surface area contributed by atoms with E-state index in [-0.39, 0.29) is 23.9 Å². The van der Waals surface area contributed by atoms with Crippen LogP contribution < -0.4 is 16.2 Å². The Morgan fingerprint density at radius 2 is 2.15 bits per heavy atom. The van der Waals surface area contributed by atoms with E-state index in [1.165, 1.54) is 0 Å². The molecule has 0 spiro atoms. The van der Waals surface area contributed by atoms with Crippen LogP contribution in [-0.2, 0) is 9.53 Å². The standard InChI is InChI=1S/C19H28N4O3/c24-17(13-4-2-1-3-5-13)10-14-12-26-9-8-23(14)19(25)18-15-11-20-7-6-16(15)21-22-18/h1-5,14-18,20-22,24H,6-12H2. The van der Waals surface area contributed by atoms with Crippen molar-refractivity contribution in [1.29, 1.82) is 0 Å². The number of hydrogen-bond acceptors (Lipinski definition) is 6. The Hall–Kier alpha value is -1.51. The van der Waals surface area contributed by atoms with E-state index in [0.29, 0.717) is 32.2 Å². The molecule has 3 saturated heterocycles. The summed E-state index contributed by atoms with van der Waals surface area (Å²) in [6.45, 7) is 3.44. The summed E-state index contributed by atoms with van der Waals surface area (Å²) >= 11 is 0. The van der Waals surface area contributed by atoms with Crippen molar-refractivity contribution in [2.45, 2.75) is 37.1 Å². The van der Waals surface area contributed by atoms with Gasteiger partial charge in [0.05, 0.1) is 25.4 Å². The molecule has 5 atom stereocenters. The van der Waals surface area contributed by atoms with Gasteiger partial charge in [0.25, 0.3) is 0 Å². The number of ether oxygens (including phenoxy) is 1. The van der Waals surface area contributed by atoms with Gasteiger partial charge in [-0.05, 0) is 18.5 Å². The molecule has 0 radical (unpaired) electrons. The molecule has 1 amide bonds. The number of amides is 1. The summed E-state index contributed by atoms with van der Waals surface area (Å²) in [4.78, 5) is 15.2. The summed E-state index contributed by atoms with van der Waals surface area (Å²) in [5, 5.41) is 14.0. The topological polar surface area (TPSA) is 85.9 Å². The Kier molecular flexibility index (Phi) is 5.52. The third-order valence-electron chi connectivity index (χ3n) is 5.84. The highest BCUT2D eigenvalue weighted by Gasteiger charge is 2.44. The van der Waals surface area contributed by atoms with E-state index in [9.17, 15) is 9.90 Å². The number of morpholine rings is 1. The van der Waals surface area contributed by atoms with Crippen LogP contribution in [0.15, 0.2) is 30.3 Å². The van der Waals surface area contributed by atoms with Crippen LogP contribution in [0.1, 0.15) is 24.5 Å². The number of rotatable bonds is 4. The minimum Gasteiger partial charge on any atom is -0.388 e.